The molecule has 0 aliphatic rings. The molecule has 2 aromatic carbocycles. The maximum absolute atomic E-state index is 13.9. The highest BCUT2D eigenvalue weighted by Crippen LogP contribution is 2.23. The van der Waals surface area contributed by atoms with Crippen LogP contribution in [0.5, 0.6) is 5.75 Å². The molecule has 1 aromatic heterocycles. The zero-order valence-electron chi connectivity index (χ0n) is 16.3. The van der Waals surface area contributed by atoms with Gasteiger partial charge in [0, 0.05) is 12.6 Å². The highest BCUT2D eigenvalue weighted by atomic mass is 35.5. The summed E-state index contributed by atoms with van der Waals surface area (Å²) in [5.74, 6) is -1.01. The second kappa shape index (κ2) is 9.23. The number of rotatable bonds is 7. The summed E-state index contributed by atoms with van der Waals surface area (Å²) in [7, 11) is 0. The van der Waals surface area contributed by atoms with E-state index in [1.807, 2.05) is 32.0 Å². The van der Waals surface area contributed by atoms with E-state index in [0.29, 0.717) is 11.8 Å². The van der Waals surface area contributed by atoms with Crippen LogP contribution in [0, 0.1) is 25.5 Å². The number of benzene rings is 2. The predicted octanol–water partition coefficient (Wildman–Crippen LogP) is 3.63. The van der Waals surface area contributed by atoms with E-state index in [0.717, 1.165) is 27.9 Å². The molecule has 0 spiro atoms. The Hall–Kier alpha value is -2.97. The molecule has 1 atom stereocenters. The Morgan fingerprint density at radius 2 is 1.93 bits per heavy atom. The molecule has 3 aromatic rings. The number of aryl methyl sites for hydroxylation is 2. The highest BCUT2D eigenvalue weighted by molar-refractivity contribution is 6.32. The first-order valence-corrected chi connectivity index (χ1v) is 9.50. The zero-order valence-corrected chi connectivity index (χ0v) is 17.1. The zero-order chi connectivity index (χ0) is 21.8. The van der Waals surface area contributed by atoms with Crippen molar-refractivity contribution in [2.24, 2.45) is 0 Å². The summed E-state index contributed by atoms with van der Waals surface area (Å²) in [6, 6.07) is 8.51. The van der Waals surface area contributed by atoms with Gasteiger partial charge in [-0.15, -0.1) is 0 Å². The summed E-state index contributed by atoms with van der Waals surface area (Å²) >= 11 is 6.08. The van der Waals surface area contributed by atoms with Crippen molar-refractivity contribution >= 4 is 17.3 Å². The van der Waals surface area contributed by atoms with E-state index in [1.54, 1.807) is 0 Å². The van der Waals surface area contributed by atoms with Crippen molar-refractivity contribution in [3.8, 4) is 11.4 Å². The number of anilines is 1. The molecule has 0 saturated carbocycles. The molecule has 3 rings (SSSR count). The molecule has 0 unspecified atom stereocenters. The average molecular weight is 436 g/mol. The van der Waals surface area contributed by atoms with Gasteiger partial charge in [0.1, 0.15) is 35.0 Å². The standard InChI is InChI=1S/C21H20ClF2N3O3/c1-12-4-3-5-13(2)20(12)30-11-15(28)9-25-17-10-26-27(21(29)19(17)22)18-7-6-14(23)8-16(18)24/h3-8,10,15,25,28H,9,11H2,1-2H3/t15-/m1/s1. The Kier molecular flexibility index (Phi) is 6.69. The molecule has 1 heterocycles. The molecular weight excluding hydrogens is 416 g/mol. The Bertz CT molecular complexity index is 1100. The summed E-state index contributed by atoms with van der Waals surface area (Å²) in [5.41, 5.74) is 1.08. The fourth-order valence-electron chi connectivity index (χ4n) is 2.87. The molecule has 30 heavy (non-hydrogen) atoms. The van der Waals surface area contributed by atoms with Crippen molar-refractivity contribution in [1.82, 2.24) is 9.78 Å². The fourth-order valence-corrected chi connectivity index (χ4v) is 3.07. The van der Waals surface area contributed by atoms with Crippen LogP contribution in [0.25, 0.3) is 5.69 Å². The van der Waals surface area contributed by atoms with Gasteiger partial charge in [0.15, 0.2) is 5.82 Å². The lowest BCUT2D eigenvalue weighted by Gasteiger charge is -2.17. The first kappa shape index (κ1) is 21.7. The van der Waals surface area contributed by atoms with Gasteiger partial charge < -0.3 is 15.2 Å². The summed E-state index contributed by atoms with van der Waals surface area (Å²) in [5, 5.41) is 16.7. The first-order valence-electron chi connectivity index (χ1n) is 9.12. The van der Waals surface area contributed by atoms with E-state index >= 15 is 0 Å². The number of hydrogen-bond donors (Lipinski definition) is 2. The normalized spacial score (nSPS) is 11.9. The molecule has 2 N–H and O–H groups in total. The van der Waals surface area contributed by atoms with Crippen molar-refractivity contribution in [3.63, 3.8) is 0 Å². The largest absolute Gasteiger partial charge is 0.490 e. The van der Waals surface area contributed by atoms with Gasteiger partial charge in [-0.2, -0.15) is 9.78 Å². The lowest BCUT2D eigenvalue weighted by atomic mass is 10.1. The maximum Gasteiger partial charge on any atom is 0.292 e. The van der Waals surface area contributed by atoms with Crippen LogP contribution < -0.4 is 15.6 Å². The van der Waals surface area contributed by atoms with Crippen LogP contribution in [0.1, 0.15) is 11.1 Å². The van der Waals surface area contributed by atoms with E-state index in [9.17, 15) is 18.7 Å². The number of para-hydroxylation sites is 1. The monoisotopic (exact) mass is 435 g/mol. The molecular formula is C21H20ClF2N3O3. The van der Waals surface area contributed by atoms with Gasteiger partial charge in [0.25, 0.3) is 5.56 Å². The molecule has 0 amide bonds. The quantitative estimate of drug-likeness (QED) is 0.592. The summed E-state index contributed by atoms with van der Waals surface area (Å²) < 4.78 is 33.5. The topological polar surface area (TPSA) is 76.4 Å². The molecule has 0 bridgehead atoms. The van der Waals surface area contributed by atoms with E-state index in [1.165, 1.54) is 6.20 Å². The van der Waals surface area contributed by atoms with Crippen LogP contribution in [-0.2, 0) is 0 Å². The number of ether oxygens (including phenoxy) is 1. The molecule has 0 aliphatic carbocycles. The first-order chi connectivity index (χ1) is 14.3. The highest BCUT2D eigenvalue weighted by Gasteiger charge is 2.15. The molecule has 0 radical (unpaired) electrons. The van der Waals surface area contributed by atoms with Crippen molar-refractivity contribution < 1.29 is 18.6 Å². The maximum atomic E-state index is 13.9. The van der Waals surface area contributed by atoms with Crippen molar-refractivity contribution in [2.75, 3.05) is 18.5 Å². The predicted molar refractivity (Wildman–Crippen MR) is 111 cm³/mol. The lowest BCUT2D eigenvalue weighted by Crippen LogP contribution is -2.28. The minimum absolute atomic E-state index is 0.0294. The van der Waals surface area contributed by atoms with Gasteiger partial charge in [-0.05, 0) is 37.1 Å². The van der Waals surface area contributed by atoms with Gasteiger partial charge in [0.05, 0.1) is 11.9 Å². The molecule has 0 aliphatic heterocycles. The smallest absolute Gasteiger partial charge is 0.292 e. The minimum Gasteiger partial charge on any atom is -0.490 e. The summed E-state index contributed by atoms with van der Waals surface area (Å²) in [6.45, 7) is 3.90. The molecule has 0 saturated heterocycles. The number of aliphatic hydroxyl groups excluding tert-OH is 1. The van der Waals surface area contributed by atoms with Gasteiger partial charge >= 0.3 is 0 Å². The van der Waals surface area contributed by atoms with Crippen LogP contribution in [0.4, 0.5) is 14.5 Å². The lowest BCUT2D eigenvalue weighted by molar-refractivity contribution is 0.117. The van der Waals surface area contributed by atoms with E-state index in [2.05, 4.69) is 10.4 Å². The molecule has 0 fully saturated rings. The third-order valence-corrected chi connectivity index (χ3v) is 4.78. The van der Waals surface area contributed by atoms with Crippen LogP contribution in [-0.4, -0.2) is 34.1 Å². The van der Waals surface area contributed by atoms with E-state index in [4.69, 9.17) is 16.3 Å². The van der Waals surface area contributed by atoms with Crippen molar-refractivity contribution in [2.45, 2.75) is 20.0 Å². The Labute approximate surface area is 176 Å². The number of aliphatic hydroxyl groups is 1. The molecule has 9 heteroatoms. The average Bonchev–Trinajstić information content (AvgIpc) is 2.69. The third-order valence-electron chi connectivity index (χ3n) is 4.41. The van der Waals surface area contributed by atoms with Crippen LogP contribution in [0.15, 0.2) is 47.4 Å². The molecule has 6 nitrogen and oxygen atoms in total. The number of aromatic nitrogens is 2. The summed E-state index contributed by atoms with van der Waals surface area (Å²) in [6.07, 6.45) is 0.336. The van der Waals surface area contributed by atoms with Crippen molar-refractivity contribution in [1.29, 1.82) is 0 Å². The second-order valence-electron chi connectivity index (χ2n) is 6.75. The van der Waals surface area contributed by atoms with Gasteiger partial charge in [-0.3, -0.25) is 4.79 Å². The Morgan fingerprint density at radius 1 is 1.23 bits per heavy atom. The van der Waals surface area contributed by atoms with Crippen LogP contribution in [0.2, 0.25) is 5.02 Å². The number of nitrogens with zero attached hydrogens (tertiary/aromatic N) is 2. The Morgan fingerprint density at radius 3 is 2.60 bits per heavy atom. The number of halogens is 3. The second-order valence-corrected chi connectivity index (χ2v) is 7.13. The van der Waals surface area contributed by atoms with Gasteiger partial charge in [-0.25, -0.2) is 8.78 Å². The van der Waals surface area contributed by atoms with E-state index < -0.39 is 23.3 Å². The van der Waals surface area contributed by atoms with Crippen molar-refractivity contribution in [3.05, 3.63) is 80.7 Å². The third kappa shape index (κ3) is 4.77. The van der Waals surface area contributed by atoms with Gasteiger partial charge in [-0.1, -0.05) is 29.8 Å². The summed E-state index contributed by atoms with van der Waals surface area (Å²) in [4.78, 5) is 12.4. The van der Waals surface area contributed by atoms with Crippen LogP contribution >= 0.6 is 11.6 Å². The minimum atomic E-state index is -0.944. The fraction of sp³-hybridized carbons (Fsp3) is 0.238. The number of hydrogen-bond acceptors (Lipinski definition) is 5. The van der Waals surface area contributed by atoms with E-state index in [-0.39, 0.29) is 29.5 Å². The SMILES string of the molecule is Cc1cccc(C)c1OC[C@H](O)CNc1cnn(-c2ccc(F)cc2F)c(=O)c1Cl. The number of nitrogens with one attached hydrogen (secondary N) is 1. The molecule has 158 valence electrons. The van der Waals surface area contributed by atoms with Gasteiger partial charge in [0.2, 0.25) is 0 Å². The van der Waals surface area contributed by atoms with Crippen LogP contribution in [0.3, 0.4) is 0 Å². The Balaban J connectivity index is 1.67.